The number of H-pyrrole nitrogens is 1. The number of aromatic nitrogens is 5. The number of nitriles is 1. The van der Waals surface area contributed by atoms with E-state index in [1.54, 1.807) is 6.07 Å². The molecular weight excluding hydrogens is 500 g/mol. The largest absolute Gasteiger partial charge is 0.522 e. The topological polar surface area (TPSA) is 142 Å². The number of anilines is 2. The number of halogens is 4. The van der Waals surface area contributed by atoms with E-state index < -0.39 is 37.3 Å². The van der Waals surface area contributed by atoms with Crippen LogP contribution in [0.2, 0.25) is 0 Å². The second-order valence-corrected chi connectivity index (χ2v) is 9.36. The maximum absolute atomic E-state index is 15.1. The van der Waals surface area contributed by atoms with Crippen molar-refractivity contribution in [2.45, 2.75) is 69.3 Å². The van der Waals surface area contributed by atoms with Gasteiger partial charge < -0.3 is 15.4 Å². The third kappa shape index (κ3) is 5.58. The Labute approximate surface area is 207 Å². The van der Waals surface area contributed by atoms with Crippen LogP contribution in [0.4, 0.5) is 34.1 Å². The molecule has 37 heavy (non-hydrogen) atoms. The molecule has 0 aliphatic heterocycles. The number of nitrogens with zero attached hydrogens (tertiary/aromatic N) is 5. The number of imidazole rings is 1. The summed E-state index contributed by atoms with van der Waals surface area (Å²) in [5.41, 5.74) is 0.306. The van der Waals surface area contributed by atoms with Crippen LogP contribution in [0.15, 0.2) is 18.3 Å². The SMILES string of the molecule is CC1(NC(=O)O[C@H]2CC[C@@H](c3cc(Nc4nc(C#N)cc5nc(COC(F)(F)F)cn45)n[nH]3)[C@@H]2F)CC1. The third-order valence-corrected chi connectivity index (χ3v) is 6.40. The van der Waals surface area contributed by atoms with Crippen LogP contribution in [0.3, 0.4) is 0 Å². The lowest BCUT2D eigenvalue weighted by atomic mass is 10.0. The first kappa shape index (κ1) is 24.8. The molecular formula is C22H22F4N8O3. The molecule has 0 radical (unpaired) electrons. The fraction of sp³-hybridized carbons (Fsp3) is 0.500. The molecule has 0 aromatic carbocycles. The molecule has 3 heterocycles. The number of alkyl halides is 4. The summed E-state index contributed by atoms with van der Waals surface area (Å²) in [7, 11) is 0. The van der Waals surface area contributed by atoms with E-state index in [0.29, 0.717) is 18.5 Å². The summed E-state index contributed by atoms with van der Waals surface area (Å²) >= 11 is 0. The van der Waals surface area contributed by atoms with Crippen LogP contribution in [0.1, 0.15) is 55.6 Å². The number of ether oxygens (including phenoxy) is 2. The van der Waals surface area contributed by atoms with Crippen LogP contribution in [-0.4, -0.2) is 54.8 Å². The highest BCUT2D eigenvalue weighted by atomic mass is 19.4. The average Bonchev–Trinajstić information content (AvgIpc) is 3.19. The molecule has 0 saturated heterocycles. The zero-order valence-electron chi connectivity index (χ0n) is 19.5. The molecule has 2 aliphatic rings. The first-order chi connectivity index (χ1) is 17.5. The van der Waals surface area contributed by atoms with Gasteiger partial charge in [0.05, 0.1) is 12.3 Å². The predicted molar refractivity (Wildman–Crippen MR) is 118 cm³/mol. The molecule has 3 aromatic rings. The van der Waals surface area contributed by atoms with Gasteiger partial charge in [-0.1, -0.05) is 0 Å². The van der Waals surface area contributed by atoms with Crippen LogP contribution in [0.25, 0.3) is 5.65 Å². The van der Waals surface area contributed by atoms with Crippen molar-refractivity contribution in [2.75, 3.05) is 5.32 Å². The van der Waals surface area contributed by atoms with Gasteiger partial charge in [0.15, 0.2) is 5.82 Å². The number of amides is 1. The van der Waals surface area contributed by atoms with Crippen molar-refractivity contribution in [1.29, 1.82) is 5.26 Å². The van der Waals surface area contributed by atoms with Crippen LogP contribution >= 0.6 is 0 Å². The lowest BCUT2D eigenvalue weighted by molar-refractivity contribution is -0.330. The minimum atomic E-state index is -4.82. The van der Waals surface area contributed by atoms with Gasteiger partial charge in [-0.3, -0.25) is 14.2 Å². The second kappa shape index (κ2) is 9.18. The van der Waals surface area contributed by atoms with Crippen molar-refractivity contribution in [3.8, 4) is 6.07 Å². The molecule has 196 valence electrons. The standard InChI is InChI=1S/C22H22F4N8O3/c1-21(4-5-21)31-20(35)37-15-3-2-13(18(15)23)14-7-16(33-32-14)30-19-29-11(8-27)6-17-28-12(9-34(17)19)10-36-22(24,25)26/h6-7,9,13,15,18H,2-5,10H2,1H3,(H,31,35)(H2,29,30,32,33)/t13-,15-,18-/m0/s1. The first-order valence-electron chi connectivity index (χ1n) is 11.5. The van der Waals surface area contributed by atoms with Crippen molar-refractivity contribution in [2.24, 2.45) is 0 Å². The first-order valence-corrected chi connectivity index (χ1v) is 11.5. The van der Waals surface area contributed by atoms with E-state index in [4.69, 9.17) is 4.74 Å². The van der Waals surface area contributed by atoms with Crippen LogP contribution in [0, 0.1) is 11.3 Å². The summed E-state index contributed by atoms with van der Waals surface area (Å²) in [5, 5.41) is 21.8. The summed E-state index contributed by atoms with van der Waals surface area (Å²) in [5.74, 6) is -0.292. The van der Waals surface area contributed by atoms with Crippen LogP contribution in [0.5, 0.6) is 0 Å². The Kier molecular flexibility index (Phi) is 6.14. The highest BCUT2D eigenvalue weighted by Gasteiger charge is 2.43. The molecule has 11 nitrogen and oxygen atoms in total. The van der Waals surface area contributed by atoms with Crippen molar-refractivity contribution in [3.05, 3.63) is 35.4 Å². The Bertz CT molecular complexity index is 1360. The second-order valence-electron chi connectivity index (χ2n) is 9.36. The summed E-state index contributed by atoms with van der Waals surface area (Å²) in [6, 6.07) is 4.73. The molecule has 0 unspecified atom stereocenters. The van der Waals surface area contributed by atoms with E-state index in [2.05, 4.69) is 35.5 Å². The van der Waals surface area contributed by atoms with Gasteiger partial charge in [-0.25, -0.2) is 19.2 Å². The molecule has 2 aliphatic carbocycles. The number of hydrogen-bond donors (Lipinski definition) is 3. The third-order valence-electron chi connectivity index (χ3n) is 6.40. The number of carbonyl (C=O) groups is 1. The van der Waals surface area contributed by atoms with Crippen molar-refractivity contribution in [3.63, 3.8) is 0 Å². The molecule has 5 rings (SSSR count). The molecule has 3 aromatic heterocycles. The molecule has 2 fully saturated rings. The molecule has 15 heteroatoms. The normalized spacial score (nSPS) is 22.5. The Morgan fingerprint density at radius 3 is 2.81 bits per heavy atom. The number of aromatic amines is 1. The fourth-order valence-electron chi connectivity index (χ4n) is 4.21. The zero-order valence-corrected chi connectivity index (χ0v) is 19.5. The van der Waals surface area contributed by atoms with E-state index in [9.17, 15) is 23.2 Å². The van der Waals surface area contributed by atoms with Crippen molar-refractivity contribution in [1.82, 2.24) is 29.9 Å². The van der Waals surface area contributed by atoms with Gasteiger partial charge in [0, 0.05) is 35.5 Å². The number of carbonyl (C=O) groups excluding carboxylic acids is 1. The van der Waals surface area contributed by atoms with Crippen molar-refractivity contribution >= 4 is 23.5 Å². The van der Waals surface area contributed by atoms with Gasteiger partial charge in [0.25, 0.3) is 0 Å². The average molecular weight is 522 g/mol. The van der Waals surface area contributed by atoms with E-state index in [1.165, 1.54) is 16.7 Å². The molecule has 2 saturated carbocycles. The lowest BCUT2D eigenvalue weighted by Gasteiger charge is -2.19. The monoisotopic (exact) mass is 522 g/mol. The summed E-state index contributed by atoms with van der Waals surface area (Å²) in [6.07, 6.45) is -4.00. The highest BCUT2D eigenvalue weighted by molar-refractivity contribution is 5.69. The summed E-state index contributed by atoms with van der Waals surface area (Å²) < 4.78 is 62.8. The fourth-order valence-corrected chi connectivity index (χ4v) is 4.21. The Morgan fingerprint density at radius 2 is 2.11 bits per heavy atom. The van der Waals surface area contributed by atoms with E-state index in [1.807, 2.05) is 13.0 Å². The lowest BCUT2D eigenvalue weighted by Crippen LogP contribution is -2.38. The van der Waals surface area contributed by atoms with Gasteiger partial charge >= 0.3 is 12.5 Å². The molecule has 0 bridgehead atoms. The number of alkyl carbamates (subject to hydrolysis) is 1. The van der Waals surface area contributed by atoms with Crippen molar-refractivity contribution < 1.29 is 31.8 Å². The molecule has 3 N–H and O–H groups in total. The quantitative estimate of drug-likeness (QED) is 0.396. The maximum Gasteiger partial charge on any atom is 0.522 e. The van der Waals surface area contributed by atoms with Gasteiger partial charge in [-0.15, -0.1) is 13.2 Å². The molecule has 3 atom stereocenters. The Hall–Kier alpha value is -3.93. The van der Waals surface area contributed by atoms with E-state index >= 15 is 4.39 Å². The van der Waals surface area contributed by atoms with Crippen LogP contribution < -0.4 is 10.6 Å². The smallest absolute Gasteiger partial charge is 0.443 e. The van der Waals surface area contributed by atoms with Gasteiger partial charge in [-0.05, 0) is 32.6 Å². The van der Waals surface area contributed by atoms with E-state index in [0.717, 1.165) is 12.8 Å². The number of rotatable bonds is 7. The number of nitrogens with one attached hydrogen (secondary N) is 3. The number of hydrogen-bond acceptors (Lipinski definition) is 8. The summed E-state index contributed by atoms with van der Waals surface area (Å²) in [4.78, 5) is 20.2. The van der Waals surface area contributed by atoms with Gasteiger partial charge in [0.1, 0.15) is 29.7 Å². The summed E-state index contributed by atoms with van der Waals surface area (Å²) in [6.45, 7) is 1.08. The maximum atomic E-state index is 15.1. The Morgan fingerprint density at radius 1 is 1.32 bits per heavy atom. The zero-order chi connectivity index (χ0) is 26.4. The van der Waals surface area contributed by atoms with Gasteiger partial charge in [0.2, 0.25) is 5.95 Å². The molecule has 0 spiro atoms. The van der Waals surface area contributed by atoms with Crippen LogP contribution in [-0.2, 0) is 16.1 Å². The minimum absolute atomic E-state index is 0.0300. The Balaban J connectivity index is 1.29. The minimum Gasteiger partial charge on any atom is -0.443 e. The predicted octanol–water partition coefficient (Wildman–Crippen LogP) is 3.97. The highest BCUT2D eigenvalue weighted by Crippen LogP contribution is 2.39. The molecule has 1 amide bonds. The number of fused-ring (bicyclic) bond motifs is 1. The van der Waals surface area contributed by atoms with E-state index in [-0.39, 0.29) is 34.3 Å². The van der Waals surface area contributed by atoms with Gasteiger partial charge in [-0.2, -0.15) is 10.4 Å².